The van der Waals surface area contributed by atoms with Crippen LogP contribution in [0.4, 0.5) is 10.7 Å². The number of aromatic nitrogens is 1. The zero-order valence-corrected chi connectivity index (χ0v) is 19.5. The molecule has 34 heavy (non-hydrogen) atoms. The van der Waals surface area contributed by atoms with Crippen molar-refractivity contribution in [2.75, 3.05) is 17.2 Å². The average Bonchev–Trinajstić information content (AvgIpc) is 3.21. The molecule has 5 rings (SSSR count). The Hall–Kier alpha value is -3.72. The van der Waals surface area contributed by atoms with Gasteiger partial charge in [-0.2, -0.15) is 0 Å². The van der Waals surface area contributed by atoms with Gasteiger partial charge in [0.25, 0.3) is 17.7 Å². The number of benzene rings is 1. The SMILES string of the molecule is CC(NC(=O)c1c(NC(=O)c2cccnc2)sc2c1CCCC2)c1ccc2c(c1)NC(=O)CO2. The Morgan fingerprint density at radius 1 is 1.18 bits per heavy atom. The maximum absolute atomic E-state index is 13.5. The lowest BCUT2D eigenvalue weighted by atomic mass is 9.95. The maximum atomic E-state index is 13.5. The van der Waals surface area contributed by atoms with E-state index in [1.807, 2.05) is 19.1 Å². The molecule has 174 valence electrons. The second-order valence-corrected chi connectivity index (χ2v) is 9.50. The van der Waals surface area contributed by atoms with Gasteiger partial charge >= 0.3 is 0 Å². The van der Waals surface area contributed by atoms with E-state index < -0.39 is 0 Å². The molecule has 3 N–H and O–H groups in total. The van der Waals surface area contributed by atoms with Gasteiger partial charge in [0, 0.05) is 17.3 Å². The van der Waals surface area contributed by atoms with E-state index in [0.717, 1.165) is 41.7 Å². The van der Waals surface area contributed by atoms with Crippen LogP contribution in [0.2, 0.25) is 0 Å². The molecule has 2 aliphatic rings. The highest BCUT2D eigenvalue weighted by molar-refractivity contribution is 7.17. The number of rotatable bonds is 5. The number of thiophene rings is 1. The maximum Gasteiger partial charge on any atom is 0.262 e. The molecule has 0 radical (unpaired) electrons. The fourth-order valence-corrected chi connectivity index (χ4v) is 5.57. The third-order valence-electron chi connectivity index (χ3n) is 6.03. The van der Waals surface area contributed by atoms with Crippen molar-refractivity contribution in [3.63, 3.8) is 0 Å². The highest BCUT2D eigenvalue weighted by Gasteiger charge is 2.28. The van der Waals surface area contributed by atoms with Crippen molar-refractivity contribution >= 4 is 39.7 Å². The van der Waals surface area contributed by atoms with E-state index in [4.69, 9.17) is 4.74 Å². The molecule has 0 saturated heterocycles. The van der Waals surface area contributed by atoms with Crippen molar-refractivity contribution in [3.05, 3.63) is 69.9 Å². The fourth-order valence-electron chi connectivity index (χ4n) is 4.29. The summed E-state index contributed by atoms with van der Waals surface area (Å²) >= 11 is 1.48. The Kier molecular flexibility index (Phi) is 6.02. The van der Waals surface area contributed by atoms with Crippen LogP contribution in [0.25, 0.3) is 0 Å². The number of aryl methyl sites for hydroxylation is 1. The van der Waals surface area contributed by atoms with Gasteiger partial charge in [0.05, 0.1) is 22.9 Å². The van der Waals surface area contributed by atoms with Crippen LogP contribution < -0.4 is 20.7 Å². The van der Waals surface area contributed by atoms with Crippen LogP contribution in [0.3, 0.4) is 0 Å². The van der Waals surface area contributed by atoms with E-state index in [-0.39, 0.29) is 30.4 Å². The van der Waals surface area contributed by atoms with E-state index in [9.17, 15) is 14.4 Å². The van der Waals surface area contributed by atoms with Crippen molar-refractivity contribution in [2.24, 2.45) is 0 Å². The Bertz CT molecular complexity index is 1270. The molecule has 9 heteroatoms. The van der Waals surface area contributed by atoms with Gasteiger partial charge in [-0.15, -0.1) is 11.3 Å². The highest BCUT2D eigenvalue weighted by Crippen LogP contribution is 2.39. The van der Waals surface area contributed by atoms with Crippen molar-refractivity contribution in [1.82, 2.24) is 10.3 Å². The molecule has 0 bridgehead atoms. The monoisotopic (exact) mass is 476 g/mol. The first kappa shape index (κ1) is 22.1. The molecule has 2 aromatic heterocycles. The molecule has 1 aliphatic heterocycles. The van der Waals surface area contributed by atoms with Gasteiger partial charge in [-0.05, 0) is 68.0 Å². The number of fused-ring (bicyclic) bond motifs is 2. The number of hydrogen-bond acceptors (Lipinski definition) is 6. The molecule has 1 unspecified atom stereocenters. The number of carbonyl (C=O) groups excluding carboxylic acids is 3. The lowest BCUT2D eigenvalue weighted by Gasteiger charge is -2.21. The molecule has 3 aromatic rings. The number of hydrogen-bond donors (Lipinski definition) is 3. The van der Waals surface area contributed by atoms with Gasteiger partial charge in [0.1, 0.15) is 10.8 Å². The summed E-state index contributed by atoms with van der Waals surface area (Å²) in [4.78, 5) is 43.1. The number of ether oxygens (including phenoxy) is 1. The summed E-state index contributed by atoms with van der Waals surface area (Å²) < 4.78 is 5.42. The normalized spacial score (nSPS) is 15.3. The lowest BCUT2D eigenvalue weighted by molar-refractivity contribution is -0.118. The Balaban J connectivity index is 1.40. The summed E-state index contributed by atoms with van der Waals surface area (Å²) in [6, 6.07) is 8.55. The molecule has 1 aliphatic carbocycles. The van der Waals surface area contributed by atoms with Crippen molar-refractivity contribution in [3.8, 4) is 5.75 Å². The minimum atomic E-state index is -0.322. The predicted molar refractivity (Wildman–Crippen MR) is 130 cm³/mol. The van der Waals surface area contributed by atoms with Crippen molar-refractivity contribution in [2.45, 2.75) is 38.6 Å². The lowest BCUT2D eigenvalue weighted by Crippen LogP contribution is -2.29. The van der Waals surface area contributed by atoms with Gasteiger partial charge in [0.2, 0.25) is 0 Å². The van der Waals surface area contributed by atoms with Crippen LogP contribution in [0, 0.1) is 0 Å². The number of carbonyl (C=O) groups is 3. The smallest absolute Gasteiger partial charge is 0.262 e. The first-order chi connectivity index (χ1) is 16.5. The standard InChI is InChI=1S/C25H24N4O4S/c1-14(15-8-9-19-18(11-15)28-21(30)13-33-19)27-24(32)22-17-6-2-3-7-20(17)34-25(22)29-23(31)16-5-4-10-26-12-16/h4-5,8-12,14H,2-3,6-7,13H2,1H3,(H,27,32)(H,28,30)(H,29,31). The zero-order chi connectivity index (χ0) is 23.7. The molecule has 3 amide bonds. The largest absolute Gasteiger partial charge is 0.482 e. The molecule has 1 aromatic carbocycles. The summed E-state index contributed by atoms with van der Waals surface area (Å²) in [7, 11) is 0. The predicted octanol–water partition coefficient (Wildman–Crippen LogP) is 4.10. The van der Waals surface area contributed by atoms with Crippen LogP contribution in [0.15, 0.2) is 42.7 Å². The van der Waals surface area contributed by atoms with Crippen molar-refractivity contribution < 1.29 is 19.1 Å². The first-order valence-corrected chi connectivity index (χ1v) is 12.0. The number of nitrogens with zero attached hydrogens (tertiary/aromatic N) is 1. The van der Waals surface area contributed by atoms with Gasteiger partial charge in [0.15, 0.2) is 6.61 Å². The van der Waals surface area contributed by atoms with E-state index in [1.54, 1.807) is 24.4 Å². The summed E-state index contributed by atoms with van der Waals surface area (Å²) in [6.07, 6.45) is 6.92. The molecule has 0 saturated carbocycles. The Morgan fingerprint density at radius 2 is 2.03 bits per heavy atom. The molecule has 1 atom stereocenters. The van der Waals surface area contributed by atoms with Crippen LogP contribution >= 0.6 is 11.3 Å². The average molecular weight is 477 g/mol. The fraction of sp³-hybridized carbons (Fsp3) is 0.280. The van der Waals surface area contributed by atoms with E-state index in [0.29, 0.717) is 27.6 Å². The molecular weight excluding hydrogens is 452 g/mol. The van der Waals surface area contributed by atoms with Crippen LogP contribution in [-0.2, 0) is 17.6 Å². The molecule has 8 nitrogen and oxygen atoms in total. The second-order valence-electron chi connectivity index (χ2n) is 8.40. The second kappa shape index (κ2) is 9.26. The van der Waals surface area contributed by atoms with Crippen LogP contribution in [0.5, 0.6) is 5.75 Å². The van der Waals surface area contributed by atoms with E-state index in [2.05, 4.69) is 20.9 Å². The molecule has 3 heterocycles. The third-order valence-corrected chi connectivity index (χ3v) is 7.24. The van der Waals surface area contributed by atoms with Gasteiger partial charge < -0.3 is 20.7 Å². The Morgan fingerprint density at radius 3 is 2.85 bits per heavy atom. The molecular formula is C25H24N4O4S. The number of nitrogens with one attached hydrogen (secondary N) is 3. The van der Waals surface area contributed by atoms with Crippen LogP contribution in [0.1, 0.15) is 62.5 Å². The van der Waals surface area contributed by atoms with Crippen molar-refractivity contribution in [1.29, 1.82) is 0 Å². The topological polar surface area (TPSA) is 109 Å². The highest BCUT2D eigenvalue weighted by atomic mass is 32.1. The minimum Gasteiger partial charge on any atom is -0.482 e. The van der Waals surface area contributed by atoms with E-state index >= 15 is 0 Å². The van der Waals surface area contributed by atoms with Gasteiger partial charge in [-0.25, -0.2) is 0 Å². The Labute approximate surface area is 200 Å². The van der Waals surface area contributed by atoms with E-state index in [1.165, 1.54) is 17.5 Å². The number of amides is 3. The summed E-state index contributed by atoms with van der Waals surface area (Å²) in [5.41, 5.74) is 3.42. The third kappa shape index (κ3) is 4.38. The quantitative estimate of drug-likeness (QED) is 0.514. The van der Waals surface area contributed by atoms with Crippen LogP contribution in [-0.4, -0.2) is 29.3 Å². The summed E-state index contributed by atoms with van der Waals surface area (Å²) in [6.45, 7) is 1.88. The first-order valence-electron chi connectivity index (χ1n) is 11.2. The minimum absolute atomic E-state index is 0.00452. The zero-order valence-electron chi connectivity index (χ0n) is 18.6. The molecule has 0 spiro atoms. The summed E-state index contributed by atoms with van der Waals surface area (Å²) in [5.74, 6) is -0.125. The number of anilines is 2. The van der Waals surface area contributed by atoms with Gasteiger partial charge in [-0.1, -0.05) is 6.07 Å². The summed E-state index contributed by atoms with van der Waals surface area (Å²) in [5, 5.41) is 9.37. The number of pyridine rings is 1. The van der Waals surface area contributed by atoms with Gasteiger partial charge in [-0.3, -0.25) is 19.4 Å². The molecule has 0 fully saturated rings.